The topological polar surface area (TPSA) is 38.0 Å². The molecule has 0 bridgehead atoms. The molecule has 2 rings (SSSR count). The summed E-state index contributed by atoms with van der Waals surface area (Å²) in [7, 11) is 0. The molecule has 3 N–H and O–H groups in total. The fourth-order valence-corrected chi connectivity index (χ4v) is 2.29. The summed E-state index contributed by atoms with van der Waals surface area (Å²) < 4.78 is 0. The lowest BCUT2D eigenvalue weighted by Crippen LogP contribution is -2.20. The van der Waals surface area contributed by atoms with Crippen molar-refractivity contribution in [3.05, 3.63) is 28.8 Å². The lowest BCUT2D eigenvalue weighted by molar-refractivity contribution is 0.688. The predicted octanol–water partition coefficient (Wildman–Crippen LogP) is 2.94. The van der Waals surface area contributed by atoms with E-state index in [4.69, 9.17) is 17.3 Å². The summed E-state index contributed by atoms with van der Waals surface area (Å²) in [5, 5.41) is 4.26. The smallest absolute Gasteiger partial charge is 0.0637 e. The number of halogens is 1. The maximum absolute atomic E-state index is 6.12. The van der Waals surface area contributed by atoms with Crippen molar-refractivity contribution in [2.24, 2.45) is 5.73 Å². The standard InChI is InChI=1S/C12H17ClN2/c1-8-2-5-11(13)12(6-8)15-10-4-3-9(14)7-10/h2,5-6,9-10,15H,3-4,7,14H2,1H3. The van der Waals surface area contributed by atoms with Crippen LogP contribution in [0.25, 0.3) is 0 Å². The SMILES string of the molecule is Cc1ccc(Cl)c(NC2CCC(N)C2)c1. The number of rotatable bonds is 2. The van der Waals surface area contributed by atoms with Gasteiger partial charge in [0, 0.05) is 12.1 Å². The van der Waals surface area contributed by atoms with Crippen LogP contribution in [-0.2, 0) is 0 Å². The van der Waals surface area contributed by atoms with Gasteiger partial charge in [-0.2, -0.15) is 0 Å². The van der Waals surface area contributed by atoms with Gasteiger partial charge in [0.05, 0.1) is 10.7 Å². The van der Waals surface area contributed by atoms with Crippen LogP contribution in [0.1, 0.15) is 24.8 Å². The van der Waals surface area contributed by atoms with Gasteiger partial charge in [0.1, 0.15) is 0 Å². The quantitative estimate of drug-likeness (QED) is 0.811. The van der Waals surface area contributed by atoms with Gasteiger partial charge in [-0.05, 0) is 43.9 Å². The second kappa shape index (κ2) is 4.42. The van der Waals surface area contributed by atoms with Gasteiger partial charge in [-0.3, -0.25) is 0 Å². The fraction of sp³-hybridized carbons (Fsp3) is 0.500. The van der Waals surface area contributed by atoms with E-state index in [9.17, 15) is 0 Å². The van der Waals surface area contributed by atoms with Crippen LogP contribution in [0, 0.1) is 6.92 Å². The second-order valence-corrected chi connectivity index (χ2v) is 4.80. The maximum Gasteiger partial charge on any atom is 0.0637 e. The molecular formula is C12H17ClN2. The molecule has 0 aliphatic heterocycles. The Kier molecular flexibility index (Phi) is 3.17. The number of nitrogens with one attached hydrogen (secondary N) is 1. The van der Waals surface area contributed by atoms with Crippen LogP contribution in [0.4, 0.5) is 5.69 Å². The maximum atomic E-state index is 6.12. The average molecular weight is 225 g/mol. The van der Waals surface area contributed by atoms with Crippen LogP contribution in [0.5, 0.6) is 0 Å². The molecule has 2 nitrogen and oxygen atoms in total. The third-order valence-electron chi connectivity index (χ3n) is 2.95. The molecule has 1 aromatic rings. The van der Waals surface area contributed by atoms with Crippen molar-refractivity contribution in [3.63, 3.8) is 0 Å². The van der Waals surface area contributed by atoms with Gasteiger partial charge in [-0.25, -0.2) is 0 Å². The molecule has 1 saturated carbocycles. The first-order valence-electron chi connectivity index (χ1n) is 5.43. The molecule has 1 aliphatic carbocycles. The molecule has 0 heterocycles. The number of anilines is 1. The summed E-state index contributed by atoms with van der Waals surface area (Å²) in [4.78, 5) is 0. The minimum absolute atomic E-state index is 0.353. The Bertz CT molecular complexity index is 351. The van der Waals surface area contributed by atoms with Crippen molar-refractivity contribution in [1.29, 1.82) is 0 Å². The zero-order valence-corrected chi connectivity index (χ0v) is 9.72. The minimum Gasteiger partial charge on any atom is -0.381 e. The first kappa shape index (κ1) is 10.8. The van der Waals surface area contributed by atoms with Gasteiger partial charge in [-0.1, -0.05) is 17.7 Å². The highest BCUT2D eigenvalue weighted by molar-refractivity contribution is 6.33. The average Bonchev–Trinajstić information content (AvgIpc) is 2.58. The van der Waals surface area contributed by atoms with Crippen LogP contribution < -0.4 is 11.1 Å². The minimum atomic E-state index is 0.353. The second-order valence-electron chi connectivity index (χ2n) is 4.40. The molecule has 2 unspecified atom stereocenters. The van der Waals surface area contributed by atoms with Crippen molar-refractivity contribution < 1.29 is 0 Å². The molecule has 2 atom stereocenters. The van der Waals surface area contributed by atoms with Crippen molar-refractivity contribution in [1.82, 2.24) is 0 Å². The van der Waals surface area contributed by atoms with E-state index in [1.807, 2.05) is 12.1 Å². The first-order chi connectivity index (χ1) is 7.15. The number of hydrogen-bond donors (Lipinski definition) is 2. The summed E-state index contributed by atoms with van der Waals surface area (Å²) in [5.74, 6) is 0. The van der Waals surface area contributed by atoms with E-state index in [1.165, 1.54) is 5.56 Å². The van der Waals surface area contributed by atoms with Crippen LogP contribution in [0.3, 0.4) is 0 Å². The summed E-state index contributed by atoms with van der Waals surface area (Å²) in [6, 6.07) is 6.89. The van der Waals surface area contributed by atoms with Crippen molar-refractivity contribution in [3.8, 4) is 0 Å². The summed E-state index contributed by atoms with van der Waals surface area (Å²) in [6.45, 7) is 2.07. The molecule has 0 radical (unpaired) electrons. The van der Waals surface area contributed by atoms with E-state index in [-0.39, 0.29) is 0 Å². The molecular weight excluding hydrogens is 208 g/mol. The highest BCUT2D eigenvalue weighted by Crippen LogP contribution is 2.27. The van der Waals surface area contributed by atoms with E-state index < -0.39 is 0 Å². The molecule has 0 aromatic heterocycles. The van der Waals surface area contributed by atoms with Gasteiger partial charge >= 0.3 is 0 Å². The van der Waals surface area contributed by atoms with Crippen LogP contribution in [0.2, 0.25) is 5.02 Å². The van der Waals surface area contributed by atoms with Crippen LogP contribution in [-0.4, -0.2) is 12.1 Å². The Hall–Kier alpha value is -0.730. The largest absolute Gasteiger partial charge is 0.381 e. The molecule has 3 heteroatoms. The van der Waals surface area contributed by atoms with E-state index in [1.54, 1.807) is 0 Å². The van der Waals surface area contributed by atoms with E-state index in [0.29, 0.717) is 12.1 Å². The molecule has 1 aromatic carbocycles. The first-order valence-corrected chi connectivity index (χ1v) is 5.81. The molecule has 0 saturated heterocycles. The van der Waals surface area contributed by atoms with Crippen molar-refractivity contribution >= 4 is 17.3 Å². The molecule has 1 aliphatic rings. The van der Waals surface area contributed by atoms with Gasteiger partial charge in [-0.15, -0.1) is 0 Å². The Morgan fingerprint density at radius 2 is 2.20 bits per heavy atom. The molecule has 0 amide bonds. The lowest BCUT2D eigenvalue weighted by atomic mass is 10.2. The third kappa shape index (κ3) is 2.64. The molecule has 82 valence electrons. The van der Waals surface area contributed by atoms with Gasteiger partial charge in [0.25, 0.3) is 0 Å². The Morgan fingerprint density at radius 3 is 2.87 bits per heavy atom. The van der Waals surface area contributed by atoms with Gasteiger partial charge in [0.2, 0.25) is 0 Å². The third-order valence-corrected chi connectivity index (χ3v) is 3.28. The number of aryl methyl sites for hydroxylation is 1. The normalized spacial score (nSPS) is 25.5. The summed E-state index contributed by atoms with van der Waals surface area (Å²) in [6.07, 6.45) is 3.30. The predicted molar refractivity (Wildman–Crippen MR) is 65.4 cm³/mol. The summed E-state index contributed by atoms with van der Waals surface area (Å²) >= 11 is 6.12. The van der Waals surface area contributed by atoms with Crippen LogP contribution >= 0.6 is 11.6 Å². The highest BCUT2D eigenvalue weighted by atomic mass is 35.5. The van der Waals surface area contributed by atoms with Gasteiger partial charge in [0.15, 0.2) is 0 Å². The zero-order chi connectivity index (χ0) is 10.8. The Balaban J connectivity index is 2.07. The monoisotopic (exact) mass is 224 g/mol. The van der Waals surface area contributed by atoms with E-state index >= 15 is 0 Å². The van der Waals surface area contributed by atoms with Crippen LogP contribution in [0.15, 0.2) is 18.2 Å². The lowest BCUT2D eigenvalue weighted by Gasteiger charge is -2.15. The Morgan fingerprint density at radius 1 is 1.40 bits per heavy atom. The molecule has 15 heavy (non-hydrogen) atoms. The number of nitrogens with two attached hydrogens (primary N) is 1. The van der Waals surface area contributed by atoms with Gasteiger partial charge < -0.3 is 11.1 Å². The van der Waals surface area contributed by atoms with E-state index in [2.05, 4.69) is 18.3 Å². The molecule has 1 fully saturated rings. The highest BCUT2D eigenvalue weighted by Gasteiger charge is 2.21. The Labute approximate surface area is 95.8 Å². The van der Waals surface area contributed by atoms with E-state index in [0.717, 1.165) is 30.0 Å². The zero-order valence-electron chi connectivity index (χ0n) is 8.96. The van der Waals surface area contributed by atoms with Crippen molar-refractivity contribution in [2.45, 2.75) is 38.3 Å². The summed E-state index contributed by atoms with van der Waals surface area (Å²) in [5.41, 5.74) is 8.14. The molecule has 0 spiro atoms. The number of hydrogen-bond acceptors (Lipinski definition) is 2. The number of benzene rings is 1. The fourth-order valence-electron chi connectivity index (χ4n) is 2.12. The van der Waals surface area contributed by atoms with Crippen molar-refractivity contribution in [2.75, 3.05) is 5.32 Å².